The van der Waals surface area contributed by atoms with E-state index in [9.17, 15) is 0 Å². The van der Waals surface area contributed by atoms with Crippen molar-refractivity contribution in [3.63, 3.8) is 0 Å². The first-order valence-electron chi connectivity index (χ1n) is 3.29. The minimum atomic E-state index is 0.456. The third-order valence-electron chi connectivity index (χ3n) is 1.63. The fourth-order valence-corrected chi connectivity index (χ4v) is 1.09. The Bertz CT molecular complexity index is 367. The SMILES string of the molecule is OOc1ccc2[nH]ccc2c1. The topological polar surface area (TPSA) is 45.2 Å². The zero-order valence-electron chi connectivity index (χ0n) is 5.74. The molecule has 0 atom stereocenters. The van der Waals surface area contributed by atoms with Gasteiger partial charge in [0.1, 0.15) is 0 Å². The highest BCUT2D eigenvalue weighted by Gasteiger charge is 1.95. The van der Waals surface area contributed by atoms with E-state index in [2.05, 4.69) is 9.87 Å². The average molecular weight is 149 g/mol. The van der Waals surface area contributed by atoms with E-state index in [0.29, 0.717) is 5.75 Å². The molecule has 0 spiro atoms. The van der Waals surface area contributed by atoms with Gasteiger partial charge in [0, 0.05) is 17.1 Å². The Hall–Kier alpha value is -1.48. The molecule has 3 heteroatoms. The van der Waals surface area contributed by atoms with Crippen molar-refractivity contribution in [3.05, 3.63) is 30.5 Å². The third kappa shape index (κ3) is 0.951. The van der Waals surface area contributed by atoms with Gasteiger partial charge in [-0.05, 0) is 24.3 Å². The molecule has 0 saturated carbocycles. The number of hydrogen-bond donors (Lipinski definition) is 2. The lowest BCUT2D eigenvalue weighted by molar-refractivity contribution is -0.137. The maximum Gasteiger partial charge on any atom is 0.165 e. The molecule has 2 aromatic rings. The molecule has 0 amide bonds. The molecule has 11 heavy (non-hydrogen) atoms. The van der Waals surface area contributed by atoms with Gasteiger partial charge in [-0.25, -0.2) is 5.26 Å². The summed E-state index contributed by atoms with van der Waals surface area (Å²) in [6, 6.07) is 7.21. The molecule has 0 aliphatic rings. The van der Waals surface area contributed by atoms with Gasteiger partial charge in [0.25, 0.3) is 0 Å². The molecule has 56 valence electrons. The van der Waals surface area contributed by atoms with Crippen molar-refractivity contribution >= 4 is 10.9 Å². The van der Waals surface area contributed by atoms with Crippen LogP contribution in [0.4, 0.5) is 0 Å². The van der Waals surface area contributed by atoms with Gasteiger partial charge < -0.3 is 9.87 Å². The average Bonchev–Trinajstić information content (AvgIpc) is 2.50. The predicted octanol–water partition coefficient (Wildman–Crippen LogP) is 2.02. The minimum Gasteiger partial charge on any atom is -0.361 e. The highest BCUT2D eigenvalue weighted by atomic mass is 17.1. The standard InChI is InChI=1S/C8H7NO2/c10-11-7-1-2-8-6(5-7)3-4-9-8/h1-5,9-10H. The van der Waals surface area contributed by atoms with Crippen LogP contribution in [-0.2, 0) is 0 Å². The van der Waals surface area contributed by atoms with Crippen LogP contribution in [0.15, 0.2) is 30.5 Å². The van der Waals surface area contributed by atoms with Crippen LogP contribution < -0.4 is 4.89 Å². The molecule has 0 bridgehead atoms. The van der Waals surface area contributed by atoms with Crippen LogP contribution in [0.1, 0.15) is 0 Å². The second kappa shape index (κ2) is 2.29. The zero-order chi connectivity index (χ0) is 7.68. The van der Waals surface area contributed by atoms with Crippen molar-refractivity contribution in [2.45, 2.75) is 0 Å². The molecule has 3 nitrogen and oxygen atoms in total. The van der Waals surface area contributed by atoms with Crippen LogP contribution in [0.25, 0.3) is 10.9 Å². The lowest BCUT2D eigenvalue weighted by Gasteiger charge is -1.94. The van der Waals surface area contributed by atoms with Crippen LogP contribution in [0.3, 0.4) is 0 Å². The van der Waals surface area contributed by atoms with Crippen molar-refractivity contribution in [1.29, 1.82) is 0 Å². The van der Waals surface area contributed by atoms with Crippen LogP contribution >= 0.6 is 0 Å². The van der Waals surface area contributed by atoms with Crippen molar-refractivity contribution < 1.29 is 10.1 Å². The van der Waals surface area contributed by atoms with Crippen LogP contribution in [0.5, 0.6) is 5.75 Å². The lowest BCUT2D eigenvalue weighted by Crippen LogP contribution is -1.81. The van der Waals surface area contributed by atoms with Gasteiger partial charge in [0.05, 0.1) is 0 Å². The van der Waals surface area contributed by atoms with Gasteiger partial charge in [0.2, 0.25) is 0 Å². The molecule has 0 fully saturated rings. The molecule has 1 aromatic carbocycles. The minimum absolute atomic E-state index is 0.456. The third-order valence-corrected chi connectivity index (χ3v) is 1.63. The molecular formula is C8H7NO2. The quantitative estimate of drug-likeness (QED) is 0.481. The Kier molecular flexibility index (Phi) is 1.30. The molecule has 0 saturated heterocycles. The first kappa shape index (κ1) is 6.24. The molecule has 0 aliphatic carbocycles. The number of benzene rings is 1. The van der Waals surface area contributed by atoms with E-state index in [4.69, 9.17) is 5.26 Å². The van der Waals surface area contributed by atoms with Crippen LogP contribution in [-0.4, -0.2) is 10.2 Å². The fourth-order valence-electron chi connectivity index (χ4n) is 1.09. The largest absolute Gasteiger partial charge is 0.361 e. The normalized spacial score (nSPS) is 10.3. The van der Waals surface area contributed by atoms with E-state index in [1.807, 2.05) is 18.3 Å². The van der Waals surface area contributed by atoms with Gasteiger partial charge >= 0.3 is 0 Å². The molecular weight excluding hydrogens is 142 g/mol. The molecule has 1 heterocycles. The van der Waals surface area contributed by atoms with E-state index in [1.165, 1.54) is 0 Å². The highest BCUT2D eigenvalue weighted by molar-refractivity contribution is 5.80. The Morgan fingerprint density at radius 2 is 2.18 bits per heavy atom. The van der Waals surface area contributed by atoms with Gasteiger partial charge in [-0.2, -0.15) is 0 Å². The summed E-state index contributed by atoms with van der Waals surface area (Å²) >= 11 is 0. The lowest BCUT2D eigenvalue weighted by atomic mass is 10.2. The molecule has 0 radical (unpaired) electrons. The summed E-state index contributed by atoms with van der Waals surface area (Å²) in [5, 5.41) is 9.35. The van der Waals surface area contributed by atoms with E-state index in [1.54, 1.807) is 12.1 Å². The monoisotopic (exact) mass is 149 g/mol. The van der Waals surface area contributed by atoms with E-state index in [-0.39, 0.29) is 0 Å². The number of hydrogen-bond acceptors (Lipinski definition) is 2. The number of nitrogens with one attached hydrogen (secondary N) is 1. The second-order valence-corrected chi connectivity index (χ2v) is 2.32. The maximum atomic E-state index is 8.32. The van der Waals surface area contributed by atoms with Gasteiger partial charge in [0.15, 0.2) is 5.75 Å². The number of H-pyrrole nitrogens is 1. The Balaban J connectivity index is 2.67. The Morgan fingerprint density at radius 3 is 3.00 bits per heavy atom. The van der Waals surface area contributed by atoms with Gasteiger partial charge in [-0.3, -0.25) is 0 Å². The molecule has 1 aromatic heterocycles. The smallest absolute Gasteiger partial charge is 0.165 e. The summed E-state index contributed by atoms with van der Waals surface area (Å²) in [4.78, 5) is 7.11. The number of rotatable bonds is 1. The van der Waals surface area contributed by atoms with Gasteiger partial charge in [-0.15, -0.1) is 0 Å². The Labute approximate surface area is 63.2 Å². The first-order valence-corrected chi connectivity index (χ1v) is 3.29. The summed E-state index contributed by atoms with van der Waals surface area (Å²) in [5.41, 5.74) is 1.03. The summed E-state index contributed by atoms with van der Waals surface area (Å²) in [5.74, 6) is 0.456. The van der Waals surface area contributed by atoms with E-state index >= 15 is 0 Å². The highest BCUT2D eigenvalue weighted by Crippen LogP contribution is 2.18. The van der Waals surface area contributed by atoms with Crippen LogP contribution in [0, 0.1) is 0 Å². The summed E-state index contributed by atoms with van der Waals surface area (Å²) in [6.45, 7) is 0. The fraction of sp³-hybridized carbons (Fsp3) is 0. The summed E-state index contributed by atoms with van der Waals surface area (Å²) in [7, 11) is 0. The van der Waals surface area contributed by atoms with E-state index < -0.39 is 0 Å². The van der Waals surface area contributed by atoms with E-state index in [0.717, 1.165) is 10.9 Å². The van der Waals surface area contributed by atoms with Gasteiger partial charge in [-0.1, -0.05) is 0 Å². The van der Waals surface area contributed by atoms with Crippen molar-refractivity contribution in [1.82, 2.24) is 4.98 Å². The Morgan fingerprint density at radius 1 is 1.27 bits per heavy atom. The summed E-state index contributed by atoms with van der Waals surface area (Å²) in [6.07, 6.45) is 1.84. The molecule has 0 unspecified atom stereocenters. The number of aromatic nitrogens is 1. The molecule has 2 N–H and O–H groups in total. The number of aromatic amines is 1. The second-order valence-electron chi connectivity index (χ2n) is 2.32. The van der Waals surface area contributed by atoms with Crippen molar-refractivity contribution in [3.8, 4) is 5.75 Å². The molecule has 0 aliphatic heterocycles. The number of fused-ring (bicyclic) bond motifs is 1. The van der Waals surface area contributed by atoms with Crippen molar-refractivity contribution in [2.75, 3.05) is 0 Å². The first-order chi connectivity index (χ1) is 5.40. The van der Waals surface area contributed by atoms with Crippen molar-refractivity contribution in [2.24, 2.45) is 0 Å². The molecule has 2 rings (SSSR count). The summed E-state index contributed by atoms with van der Waals surface area (Å²) < 4.78 is 0. The predicted molar refractivity (Wildman–Crippen MR) is 41.6 cm³/mol. The zero-order valence-corrected chi connectivity index (χ0v) is 5.74. The maximum absolute atomic E-state index is 8.32. The van der Waals surface area contributed by atoms with Crippen LogP contribution in [0.2, 0.25) is 0 Å².